The van der Waals surface area contributed by atoms with Gasteiger partial charge in [-0.1, -0.05) is 43.9 Å². The number of anilines is 1. The van der Waals surface area contributed by atoms with Crippen LogP contribution in [0, 0.1) is 11.7 Å². The highest BCUT2D eigenvalue weighted by Gasteiger charge is 2.21. The van der Waals surface area contributed by atoms with Gasteiger partial charge in [0.05, 0.1) is 18.5 Å². The molecule has 0 fully saturated rings. The minimum atomic E-state index is -0.433. The van der Waals surface area contributed by atoms with Gasteiger partial charge < -0.3 is 4.74 Å². The number of ether oxygens (including phenoxy) is 1. The van der Waals surface area contributed by atoms with Gasteiger partial charge in [-0.2, -0.15) is 5.10 Å². The molecule has 0 unspecified atom stereocenters. The first-order valence-electron chi connectivity index (χ1n) is 9.72. The summed E-state index contributed by atoms with van der Waals surface area (Å²) in [5, 5.41) is 15.7. The van der Waals surface area contributed by atoms with Gasteiger partial charge in [-0.05, 0) is 43.0 Å². The lowest BCUT2D eigenvalue weighted by atomic mass is 10.2. The van der Waals surface area contributed by atoms with Crippen LogP contribution in [-0.2, 0) is 0 Å². The zero-order chi connectivity index (χ0) is 21.5. The van der Waals surface area contributed by atoms with E-state index in [1.165, 1.54) is 28.2 Å². The summed E-state index contributed by atoms with van der Waals surface area (Å²) >= 11 is 2.96. The van der Waals surface area contributed by atoms with Crippen LogP contribution < -0.4 is 10.1 Å². The van der Waals surface area contributed by atoms with Crippen molar-refractivity contribution in [3.8, 4) is 11.4 Å². The third kappa shape index (κ3) is 6.02. The molecule has 1 amide bonds. The third-order valence-corrected chi connectivity index (χ3v) is 6.00. The third-order valence-electron chi connectivity index (χ3n) is 4.00. The number of hydrogen-bond acceptors (Lipinski definition) is 7. The molecule has 7 nitrogen and oxygen atoms in total. The van der Waals surface area contributed by atoms with E-state index in [1.807, 2.05) is 6.92 Å². The fraction of sp³-hybridized carbons (Fsp3) is 0.400. The Morgan fingerprint density at radius 2 is 2.07 bits per heavy atom. The SMILES string of the molecule is CCCOc1cn(-c2ccc(F)cc2)nc1C(=O)Nc1nnc(SCCC(C)C)s1. The Morgan fingerprint density at radius 1 is 1.30 bits per heavy atom. The zero-order valence-corrected chi connectivity index (χ0v) is 18.7. The van der Waals surface area contributed by atoms with Crippen molar-refractivity contribution in [1.82, 2.24) is 20.0 Å². The average Bonchev–Trinajstić information content (AvgIpc) is 3.33. The molecule has 3 rings (SSSR count). The van der Waals surface area contributed by atoms with Gasteiger partial charge in [-0.15, -0.1) is 10.2 Å². The number of carbonyl (C=O) groups excluding carboxylic acids is 1. The van der Waals surface area contributed by atoms with E-state index in [1.54, 1.807) is 30.1 Å². The van der Waals surface area contributed by atoms with Gasteiger partial charge >= 0.3 is 0 Å². The van der Waals surface area contributed by atoms with Crippen molar-refractivity contribution in [2.75, 3.05) is 17.7 Å². The summed E-state index contributed by atoms with van der Waals surface area (Å²) in [5.74, 6) is 1.16. The first-order valence-corrected chi connectivity index (χ1v) is 11.5. The van der Waals surface area contributed by atoms with E-state index in [-0.39, 0.29) is 11.5 Å². The molecule has 2 aromatic heterocycles. The number of thioether (sulfide) groups is 1. The fourth-order valence-electron chi connectivity index (χ4n) is 2.42. The molecule has 30 heavy (non-hydrogen) atoms. The van der Waals surface area contributed by atoms with Gasteiger partial charge in [-0.3, -0.25) is 10.1 Å². The van der Waals surface area contributed by atoms with Gasteiger partial charge in [0.1, 0.15) is 5.82 Å². The first-order chi connectivity index (χ1) is 14.5. The van der Waals surface area contributed by atoms with Crippen molar-refractivity contribution in [2.45, 2.75) is 38.0 Å². The highest BCUT2D eigenvalue weighted by molar-refractivity contribution is 8.01. The zero-order valence-electron chi connectivity index (χ0n) is 17.1. The fourth-order valence-corrected chi connectivity index (χ4v) is 4.47. The highest BCUT2D eigenvalue weighted by Crippen LogP contribution is 2.28. The second-order valence-corrected chi connectivity index (χ2v) is 9.29. The molecule has 0 aliphatic carbocycles. The monoisotopic (exact) mass is 449 g/mol. The van der Waals surface area contributed by atoms with E-state index in [0.717, 1.165) is 22.9 Å². The van der Waals surface area contributed by atoms with Crippen molar-refractivity contribution in [3.05, 3.63) is 42.0 Å². The Bertz CT molecular complexity index is 972. The van der Waals surface area contributed by atoms with E-state index in [9.17, 15) is 9.18 Å². The minimum Gasteiger partial charge on any atom is -0.489 e. The van der Waals surface area contributed by atoms with Crippen LogP contribution in [-0.4, -0.2) is 38.2 Å². The maximum Gasteiger partial charge on any atom is 0.281 e. The van der Waals surface area contributed by atoms with Crippen LogP contribution in [0.5, 0.6) is 5.75 Å². The lowest BCUT2D eigenvalue weighted by Crippen LogP contribution is -2.14. The normalized spacial score (nSPS) is 11.1. The highest BCUT2D eigenvalue weighted by atomic mass is 32.2. The van der Waals surface area contributed by atoms with Crippen LogP contribution in [0.2, 0.25) is 0 Å². The molecular weight excluding hydrogens is 425 g/mol. The number of rotatable bonds is 10. The number of nitrogens with one attached hydrogen (secondary N) is 1. The molecule has 3 aromatic rings. The summed E-state index contributed by atoms with van der Waals surface area (Å²) in [5.41, 5.74) is 0.758. The molecule has 0 saturated carbocycles. The summed E-state index contributed by atoms with van der Waals surface area (Å²) < 4.78 is 21.2. The Balaban J connectivity index is 1.74. The van der Waals surface area contributed by atoms with E-state index < -0.39 is 5.91 Å². The van der Waals surface area contributed by atoms with Crippen LogP contribution in [0.25, 0.3) is 5.69 Å². The molecule has 1 N–H and O–H groups in total. The number of nitrogens with zero attached hydrogens (tertiary/aromatic N) is 4. The summed E-state index contributed by atoms with van der Waals surface area (Å²) in [7, 11) is 0. The number of benzene rings is 1. The van der Waals surface area contributed by atoms with Gasteiger partial charge in [-0.25, -0.2) is 9.07 Å². The lowest BCUT2D eigenvalue weighted by molar-refractivity contribution is 0.101. The number of amides is 1. The Kier molecular flexibility index (Phi) is 7.81. The second kappa shape index (κ2) is 10.5. The molecule has 0 spiro atoms. The van der Waals surface area contributed by atoms with Crippen molar-refractivity contribution in [1.29, 1.82) is 0 Å². The Labute approximate surface area is 183 Å². The minimum absolute atomic E-state index is 0.136. The van der Waals surface area contributed by atoms with Crippen LogP contribution >= 0.6 is 23.1 Å². The summed E-state index contributed by atoms with van der Waals surface area (Å²) in [4.78, 5) is 12.8. The van der Waals surface area contributed by atoms with Gasteiger partial charge in [0.2, 0.25) is 5.13 Å². The number of hydrogen-bond donors (Lipinski definition) is 1. The number of halogens is 1. The van der Waals surface area contributed by atoms with Crippen LogP contribution in [0.4, 0.5) is 9.52 Å². The van der Waals surface area contributed by atoms with Gasteiger partial charge in [0.25, 0.3) is 5.91 Å². The van der Waals surface area contributed by atoms with Crippen molar-refractivity contribution in [3.63, 3.8) is 0 Å². The predicted molar refractivity (Wildman–Crippen MR) is 117 cm³/mol. The van der Waals surface area contributed by atoms with Gasteiger partial charge in [0, 0.05) is 5.75 Å². The van der Waals surface area contributed by atoms with E-state index in [2.05, 4.69) is 34.5 Å². The molecule has 1 aromatic carbocycles. The molecular formula is C20H24FN5O2S2. The van der Waals surface area contributed by atoms with Crippen LogP contribution in [0.1, 0.15) is 44.1 Å². The largest absolute Gasteiger partial charge is 0.489 e. The number of aromatic nitrogens is 4. The smallest absolute Gasteiger partial charge is 0.281 e. The molecule has 0 saturated heterocycles. The summed E-state index contributed by atoms with van der Waals surface area (Å²) in [6.07, 6.45) is 3.49. The van der Waals surface area contributed by atoms with E-state index in [0.29, 0.717) is 29.1 Å². The quantitative estimate of drug-likeness (QED) is 0.345. The lowest BCUT2D eigenvalue weighted by Gasteiger charge is -2.03. The van der Waals surface area contributed by atoms with Crippen molar-refractivity contribution in [2.24, 2.45) is 5.92 Å². The molecule has 10 heteroatoms. The number of carbonyl (C=O) groups is 1. The maximum atomic E-state index is 13.2. The maximum absolute atomic E-state index is 13.2. The van der Waals surface area contributed by atoms with E-state index in [4.69, 9.17) is 4.74 Å². The molecule has 0 aliphatic heterocycles. The van der Waals surface area contributed by atoms with Crippen LogP contribution in [0.15, 0.2) is 34.8 Å². The topological polar surface area (TPSA) is 81.9 Å². The molecule has 0 atom stereocenters. The summed E-state index contributed by atoms with van der Waals surface area (Å²) in [6, 6.07) is 5.84. The molecule has 160 valence electrons. The predicted octanol–water partition coefficient (Wildman–Crippen LogP) is 5.04. The molecule has 0 aliphatic rings. The molecule has 0 radical (unpaired) electrons. The molecule has 2 heterocycles. The van der Waals surface area contributed by atoms with Gasteiger partial charge in [0.15, 0.2) is 15.8 Å². The van der Waals surface area contributed by atoms with Crippen molar-refractivity contribution < 1.29 is 13.9 Å². The molecule has 0 bridgehead atoms. The second-order valence-electron chi connectivity index (χ2n) is 6.97. The van der Waals surface area contributed by atoms with Crippen LogP contribution in [0.3, 0.4) is 0 Å². The average molecular weight is 450 g/mol. The Hall–Kier alpha value is -2.46. The summed E-state index contributed by atoms with van der Waals surface area (Å²) in [6.45, 7) is 6.78. The Morgan fingerprint density at radius 3 is 2.77 bits per heavy atom. The first kappa shape index (κ1) is 22.2. The van der Waals surface area contributed by atoms with E-state index >= 15 is 0 Å². The van der Waals surface area contributed by atoms with Crippen molar-refractivity contribution >= 4 is 34.1 Å². The standard InChI is InChI=1S/C20H24FN5O2S2/c1-4-10-28-16-12-26(15-7-5-14(21)6-8-15)25-17(16)18(27)22-19-23-24-20(30-19)29-11-9-13(2)3/h5-8,12-13H,4,9-11H2,1-3H3,(H,22,23,27).